The number of aryl methyl sites for hydroxylation is 2. The van der Waals surface area contributed by atoms with Crippen molar-refractivity contribution in [1.82, 2.24) is 10.3 Å². The summed E-state index contributed by atoms with van der Waals surface area (Å²) in [4.78, 5) is 6.15. The molecule has 3 heteroatoms. The van der Waals surface area contributed by atoms with Crippen LogP contribution in [0.2, 0.25) is 0 Å². The fraction of sp³-hybridized carbons (Fsp3) is 0.471. The lowest BCUT2D eigenvalue weighted by Crippen LogP contribution is -2.25. The van der Waals surface area contributed by atoms with Gasteiger partial charge in [0.05, 0.1) is 5.69 Å². The summed E-state index contributed by atoms with van der Waals surface area (Å²) in [6, 6.07) is 9.22. The number of benzene rings is 1. The number of hydrogen-bond acceptors (Lipinski definition) is 3. The summed E-state index contributed by atoms with van der Waals surface area (Å²) in [6.07, 6.45) is 5.44. The molecule has 1 saturated carbocycles. The maximum atomic E-state index is 4.77. The van der Waals surface area contributed by atoms with Gasteiger partial charge in [-0.05, 0) is 32.3 Å². The van der Waals surface area contributed by atoms with E-state index in [4.69, 9.17) is 4.98 Å². The van der Waals surface area contributed by atoms with Gasteiger partial charge < -0.3 is 5.32 Å². The van der Waals surface area contributed by atoms with Crippen LogP contribution < -0.4 is 5.32 Å². The van der Waals surface area contributed by atoms with E-state index in [1.54, 1.807) is 0 Å². The Kier molecular flexibility index (Phi) is 4.18. The van der Waals surface area contributed by atoms with Gasteiger partial charge in [0.25, 0.3) is 0 Å². The molecule has 2 aromatic rings. The minimum absolute atomic E-state index is 0.721. The summed E-state index contributed by atoms with van der Waals surface area (Å²) in [5.41, 5.74) is 3.75. The molecule has 0 unspecified atom stereocenters. The van der Waals surface area contributed by atoms with Crippen LogP contribution in [0.5, 0.6) is 0 Å². The van der Waals surface area contributed by atoms with Crippen LogP contribution >= 0.6 is 11.3 Å². The van der Waals surface area contributed by atoms with E-state index in [1.807, 2.05) is 11.3 Å². The highest BCUT2D eigenvalue weighted by atomic mass is 32.1. The first-order valence-electron chi connectivity index (χ1n) is 7.50. The minimum Gasteiger partial charge on any atom is -0.309 e. The van der Waals surface area contributed by atoms with Crippen molar-refractivity contribution in [2.24, 2.45) is 0 Å². The van der Waals surface area contributed by atoms with Crippen molar-refractivity contribution in [3.63, 3.8) is 0 Å². The summed E-state index contributed by atoms with van der Waals surface area (Å²) in [6.45, 7) is 5.26. The van der Waals surface area contributed by atoms with Crippen LogP contribution in [-0.4, -0.2) is 11.0 Å². The lowest BCUT2D eigenvalue weighted by Gasteiger charge is -2.10. The number of aromatic nitrogens is 1. The summed E-state index contributed by atoms with van der Waals surface area (Å²) in [5.74, 6) is 0. The Balaban J connectivity index is 1.75. The Hall–Kier alpha value is -1.19. The standard InChI is InChI=1S/C17H22N2S/c1-12-7-3-6-10-15(12)17-19-13(2)16(20-17)11-18-14-8-4-5-9-14/h3,6-7,10,14,18H,4-5,8-9,11H2,1-2H3. The maximum absolute atomic E-state index is 4.77. The molecule has 0 bridgehead atoms. The summed E-state index contributed by atoms with van der Waals surface area (Å²) in [7, 11) is 0. The van der Waals surface area contributed by atoms with Crippen LogP contribution in [0.15, 0.2) is 24.3 Å². The molecule has 1 N–H and O–H groups in total. The molecule has 0 amide bonds. The number of nitrogens with zero attached hydrogens (tertiary/aromatic N) is 1. The van der Waals surface area contributed by atoms with Gasteiger partial charge in [0.15, 0.2) is 0 Å². The zero-order chi connectivity index (χ0) is 13.9. The second kappa shape index (κ2) is 6.06. The molecular formula is C17H22N2S. The number of hydrogen-bond donors (Lipinski definition) is 1. The first-order chi connectivity index (χ1) is 9.74. The fourth-order valence-electron chi connectivity index (χ4n) is 2.89. The minimum atomic E-state index is 0.721. The van der Waals surface area contributed by atoms with Gasteiger partial charge in [0, 0.05) is 23.0 Å². The van der Waals surface area contributed by atoms with Gasteiger partial charge in [-0.25, -0.2) is 4.98 Å². The molecule has 20 heavy (non-hydrogen) atoms. The van der Waals surface area contributed by atoms with Crippen molar-refractivity contribution in [3.8, 4) is 10.6 Å². The number of rotatable bonds is 4. The molecule has 1 heterocycles. The molecule has 0 radical (unpaired) electrons. The highest BCUT2D eigenvalue weighted by Gasteiger charge is 2.16. The first kappa shape index (κ1) is 13.8. The molecule has 1 aromatic carbocycles. The van der Waals surface area contributed by atoms with Gasteiger partial charge in [-0.1, -0.05) is 37.1 Å². The van der Waals surface area contributed by atoms with Crippen molar-refractivity contribution in [3.05, 3.63) is 40.4 Å². The molecule has 1 aromatic heterocycles. The average Bonchev–Trinajstić information content (AvgIpc) is 3.07. The summed E-state index contributed by atoms with van der Waals surface area (Å²) >= 11 is 1.84. The fourth-order valence-corrected chi connectivity index (χ4v) is 3.99. The van der Waals surface area contributed by atoms with Crippen LogP contribution in [0.25, 0.3) is 10.6 Å². The first-order valence-corrected chi connectivity index (χ1v) is 8.31. The molecule has 106 valence electrons. The third-order valence-corrected chi connectivity index (χ3v) is 5.37. The molecule has 1 aliphatic rings. The second-order valence-electron chi connectivity index (χ2n) is 5.70. The van der Waals surface area contributed by atoms with E-state index >= 15 is 0 Å². The lowest BCUT2D eigenvalue weighted by molar-refractivity contribution is 0.526. The molecular weight excluding hydrogens is 264 g/mol. The molecule has 0 saturated heterocycles. The smallest absolute Gasteiger partial charge is 0.124 e. The van der Waals surface area contributed by atoms with Crippen LogP contribution in [-0.2, 0) is 6.54 Å². The van der Waals surface area contributed by atoms with E-state index in [9.17, 15) is 0 Å². The van der Waals surface area contributed by atoms with E-state index in [1.165, 1.54) is 47.4 Å². The van der Waals surface area contributed by atoms with Crippen LogP contribution in [0.1, 0.15) is 41.8 Å². The molecule has 1 aliphatic carbocycles. The number of thiazole rings is 1. The lowest BCUT2D eigenvalue weighted by atomic mass is 10.1. The van der Waals surface area contributed by atoms with Crippen molar-refractivity contribution in [2.45, 2.75) is 52.1 Å². The Morgan fingerprint density at radius 1 is 1.20 bits per heavy atom. The molecule has 2 nitrogen and oxygen atoms in total. The van der Waals surface area contributed by atoms with Gasteiger partial charge >= 0.3 is 0 Å². The third-order valence-electron chi connectivity index (χ3n) is 4.17. The topological polar surface area (TPSA) is 24.9 Å². The van der Waals surface area contributed by atoms with Crippen molar-refractivity contribution in [2.75, 3.05) is 0 Å². The molecule has 1 fully saturated rings. The van der Waals surface area contributed by atoms with E-state index in [0.717, 1.165) is 17.6 Å². The average molecular weight is 286 g/mol. The highest BCUT2D eigenvalue weighted by Crippen LogP contribution is 2.30. The van der Waals surface area contributed by atoms with E-state index in [-0.39, 0.29) is 0 Å². The predicted molar refractivity (Wildman–Crippen MR) is 86.1 cm³/mol. The van der Waals surface area contributed by atoms with Crippen LogP contribution in [0, 0.1) is 13.8 Å². The van der Waals surface area contributed by atoms with Crippen LogP contribution in [0.3, 0.4) is 0 Å². The Morgan fingerprint density at radius 2 is 1.95 bits per heavy atom. The van der Waals surface area contributed by atoms with E-state index in [2.05, 4.69) is 43.4 Å². The zero-order valence-electron chi connectivity index (χ0n) is 12.3. The van der Waals surface area contributed by atoms with Gasteiger partial charge in [-0.2, -0.15) is 0 Å². The summed E-state index contributed by atoms with van der Waals surface area (Å²) < 4.78 is 0. The molecule has 0 aliphatic heterocycles. The van der Waals surface area contributed by atoms with Crippen molar-refractivity contribution >= 4 is 11.3 Å². The molecule has 0 atom stereocenters. The van der Waals surface area contributed by atoms with Gasteiger partial charge in [0.2, 0.25) is 0 Å². The van der Waals surface area contributed by atoms with Gasteiger partial charge in [-0.15, -0.1) is 11.3 Å². The Morgan fingerprint density at radius 3 is 2.70 bits per heavy atom. The van der Waals surface area contributed by atoms with Crippen molar-refractivity contribution in [1.29, 1.82) is 0 Å². The zero-order valence-corrected chi connectivity index (χ0v) is 13.1. The SMILES string of the molecule is Cc1ccccc1-c1nc(C)c(CNC2CCCC2)s1. The van der Waals surface area contributed by atoms with Gasteiger partial charge in [0.1, 0.15) is 5.01 Å². The molecule has 3 rings (SSSR count). The quantitative estimate of drug-likeness (QED) is 0.897. The van der Waals surface area contributed by atoms with Crippen molar-refractivity contribution < 1.29 is 0 Å². The number of nitrogens with one attached hydrogen (secondary N) is 1. The van der Waals surface area contributed by atoms with Crippen LogP contribution in [0.4, 0.5) is 0 Å². The third kappa shape index (κ3) is 2.94. The normalized spacial score (nSPS) is 15.9. The van der Waals surface area contributed by atoms with Gasteiger partial charge in [-0.3, -0.25) is 0 Å². The summed E-state index contributed by atoms with van der Waals surface area (Å²) in [5, 5.41) is 4.84. The molecule has 0 spiro atoms. The largest absolute Gasteiger partial charge is 0.309 e. The highest BCUT2D eigenvalue weighted by molar-refractivity contribution is 7.15. The van der Waals surface area contributed by atoms with E-state index < -0.39 is 0 Å². The monoisotopic (exact) mass is 286 g/mol. The predicted octanol–water partition coefficient (Wildman–Crippen LogP) is 4.46. The maximum Gasteiger partial charge on any atom is 0.124 e. The Bertz CT molecular complexity index is 582. The van der Waals surface area contributed by atoms with E-state index in [0.29, 0.717) is 0 Å². The Labute approximate surface area is 125 Å². The second-order valence-corrected chi connectivity index (χ2v) is 6.79.